The van der Waals surface area contributed by atoms with Crippen LogP contribution in [0.5, 0.6) is 5.75 Å². The molecule has 0 aromatic heterocycles. The van der Waals surface area contributed by atoms with Gasteiger partial charge in [0.2, 0.25) is 0 Å². The third kappa shape index (κ3) is 4.97. The Morgan fingerprint density at radius 2 is 1.61 bits per heavy atom. The van der Waals surface area contributed by atoms with E-state index in [9.17, 15) is 33.0 Å². The van der Waals surface area contributed by atoms with Crippen LogP contribution in [0.25, 0.3) is 0 Å². The number of methoxy groups -OCH3 is 1. The summed E-state index contributed by atoms with van der Waals surface area (Å²) >= 11 is 0.670. The number of aliphatic carboxylic acids is 2. The first-order valence-corrected chi connectivity index (χ1v) is 8.56. The second-order valence-corrected chi connectivity index (χ2v) is 6.25. The predicted molar refractivity (Wildman–Crippen MR) is 91.3 cm³/mol. The van der Waals surface area contributed by atoms with Gasteiger partial charge >= 0.3 is 0 Å². The molecule has 148 valence electrons. The number of hydrogen-bond donors (Lipinski definition) is 1. The molecule has 0 amide bonds. The number of benzene rings is 2. The van der Waals surface area contributed by atoms with Crippen LogP contribution >= 0.6 is 11.8 Å². The minimum atomic E-state index is -2.09. The van der Waals surface area contributed by atoms with Gasteiger partial charge in [-0.05, 0) is 29.8 Å². The number of carbonyl (C=O) groups is 2. The van der Waals surface area contributed by atoms with Gasteiger partial charge in [0.1, 0.15) is 5.75 Å². The molecule has 2 aromatic rings. The average molecular weight is 411 g/mol. The first kappa shape index (κ1) is 21.2. The first-order chi connectivity index (χ1) is 13.2. The van der Waals surface area contributed by atoms with Crippen LogP contribution in [0.15, 0.2) is 47.0 Å². The lowest BCUT2D eigenvalue weighted by atomic mass is 10.2. The fourth-order valence-corrected chi connectivity index (χ4v) is 3.06. The van der Waals surface area contributed by atoms with Crippen molar-refractivity contribution in [2.75, 3.05) is 12.4 Å². The molecular formula is C18H12F3NO5S-2. The Morgan fingerprint density at radius 1 is 1.00 bits per heavy atom. The van der Waals surface area contributed by atoms with Crippen LogP contribution in [0.4, 0.5) is 18.9 Å². The van der Waals surface area contributed by atoms with Crippen molar-refractivity contribution in [3.63, 3.8) is 0 Å². The molecule has 0 aliphatic carbocycles. The molecule has 0 fully saturated rings. The number of rotatable bonds is 8. The Kier molecular flexibility index (Phi) is 6.94. The van der Waals surface area contributed by atoms with Crippen LogP contribution in [0.2, 0.25) is 0 Å². The summed E-state index contributed by atoms with van der Waals surface area (Å²) in [4.78, 5) is 22.4. The number of carboxylic acids is 2. The zero-order valence-corrected chi connectivity index (χ0v) is 15.1. The molecule has 0 spiro atoms. The van der Waals surface area contributed by atoms with Gasteiger partial charge < -0.3 is 29.9 Å². The van der Waals surface area contributed by atoms with Gasteiger partial charge in [-0.25, -0.2) is 13.2 Å². The van der Waals surface area contributed by atoms with E-state index in [0.29, 0.717) is 29.1 Å². The maximum Gasteiger partial charge on any atom is 0.196 e. The van der Waals surface area contributed by atoms with Crippen molar-refractivity contribution in [1.29, 1.82) is 0 Å². The van der Waals surface area contributed by atoms with E-state index < -0.39 is 45.7 Å². The first-order valence-electron chi connectivity index (χ1n) is 7.57. The van der Waals surface area contributed by atoms with Gasteiger partial charge in [0, 0.05) is 5.75 Å². The molecule has 0 atom stereocenters. The van der Waals surface area contributed by atoms with Crippen LogP contribution in [-0.2, 0) is 15.3 Å². The quantitative estimate of drug-likeness (QED) is 0.301. The van der Waals surface area contributed by atoms with E-state index in [1.807, 2.05) is 0 Å². The molecule has 2 rings (SSSR count). The van der Waals surface area contributed by atoms with Crippen molar-refractivity contribution in [1.82, 2.24) is 0 Å². The van der Waals surface area contributed by atoms with Crippen LogP contribution in [0.1, 0.15) is 5.56 Å². The summed E-state index contributed by atoms with van der Waals surface area (Å²) in [6.07, 6.45) is 0. The van der Waals surface area contributed by atoms with Crippen LogP contribution in [-0.4, -0.2) is 19.0 Å². The molecule has 0 heterocycles. The molecular weight excluding hydrogens is 399 g/mol. The third-order valence-electron chi connectivity index (χ3n) is 3.46. The van der Waals surface area contributed by atoms with E-state index >= 15 is 0 Å². The maximum atomic E-state index is 13.9. The Balaban J connectivity index is 2.37. The van der Waals surface area contributed by atoms with Crippen molar-refractivity contribution in [3.8, 4) is 5.75 Å². The molecule has 0 saturated heterocycles. The zero-order chi connectivity index (χ0) is 20.8. The van der Waals surface area contributed by atoms with Gasteiger partial charge in [-0.2, -0.15) is 0 Å². The van der Waals surface area contributed by atoms with Crippen molar-refractivity contribution >= 4 is 29.4 Å². The monoisotopic (exact) mass is 411 g/mol. The summed E-state index contributed by atoms with van der Waals surface area (Å²) in [7, 11) is 1.47. The molecule has 1 N–H and O–H groups in total. The van der Waals surface area contributed by atoms with E-state index in [-0.39, 0.29) is 5.75 Å². The largest absolute Gasteiger partial charge is 0.545 e. The lowest BCUT2D eigenvalue weighted by molar-refractivity contribution is -0.312. The summed E-state index contributed by atoms with van der Waals surface area (Å²) < 4.78 is 45.4. The van der Waals surface area contributed by atoms with Gasteiger partial charge in [-0.1, -0.05) is 12.1 Å². The van der Waals surface area contributed by atoms with Crippen molar-refractivity contribution in [3.05, 3.63) is 70.0 Å². The van der Waals surface area contributed by atoms with Crippen molar-refractivity contribution in [2.24, 2.45) is 0 Å². The van der Waals surface area contributed by atoms with E-state index in [1.54, 1.807) is 24.3 Å². The highest BCUT2D eigenvalue weighted by Crippen LogP contribution is 2.29. The minimum absolute atomic E-state index is 0.0572. The van der Waals surface area contributed by atoms with Crippen LogP contribution < -0.4 is 20.3 Å². The normalized spacial score (nSPS) is 10.3. The molecule has 0 aliphatic heterocycles. The van der Waals surface area contributed by atoms with Gasteiger partial charge in [-0.3, -0.25) is 0 Å². The molecule has 0 unspecified atom stereocenters. The maximum absolute atomic E-state index is 13.9. The summed E-state index contributed by atoms with van der Waals surface area (Å²) in [5, 5.41) is 24.0. The molecule has 0 bridgehead atoms. The lowest BCUT2D eigenvalue weighted by Gasteiger charge is -2.19. The molecule has 0 radical (unpaired) electrons. The van der Waals surface area contributed by atoms with Gasteiger partial charge in [0.25, 0.3) is 0 Å². The van der Waals surface area contributed by atoms with Crippen LogP contribution in [0, 0.1) is 17.5 Å². The summed E-state index contributed by atoms with van der Waals surface area (Å²) in [6.45, 7) is 0. The number of anilines is 1. The highest BCUT2D eigenvalue weighted by atomic mass is 32.2. The Morgan fingerprint density at radius 3 is 2.14 bits per heavy atom. The number of ether oxygens (including phenoxy) is 1. The van der Waals surface area contributed by atoms with Crippen LogP contribution in [0.3, 0.4) is 0 Å². The summed E-state index contributed by atoms with van der Waals surface area (Å²) in [5.74, 6) is -8.45. The highest BCUT2D eigenvalue weighted by molar-refractivity contribution is 8.02. The highest BCUT2D eigenvalue weighted by Gasteiger charge is 2.17. The Bertz CT molecular complexity index is 916. The topological polar surface area (TPSA) is 102 Å². The molecule has 10 heteroatoms. The van der Waals surface area contributed by atoms with Gasteiger partial charge in [0.15, 0.2) is 17.5 Å². The second-order valence-electron chi connectivity index (χ2n) is 5.26. The Hall–Kier alpha value is -3.14. The number of nitrogens with one attached hydrogen (secondary N) is 1. The minimum Gasteiger partial charge on any atom is -0.545 e. The zero-order valence-electron chi connectivity index (χ0n) is 14.3. The number of thioether (sulfide) groups is 1. The second kappa shape index (κ2) is 9.18. The number of carbonyl (C=O) groups excluding carboxylic acids is 2. The fraction of sp³-hybridized carbons (Fsp3) is 0.111. The van der Waals surface area contributed by atoms with E-state index in [2.05, 4.69) is 5.32 Å². The molecule has 2 aromatic carbocycles. The molecule has 28 heavy (non-hydrogen) atoms. The third-order valence-corrected chi connectivity index (χ3v) is 4.53. The Labute approximate surface area is 161 Å². The van der Waals surface area contributed by atoms with Crippen molar-refractivity contribution in [2.45, 2.75) is 5.75 Å². The number of hydrogen-bond acceptors (Lipinski definition) is 7. The number of carboxylic acid groups (broad SMARTS) is 2. The molecule has 6 nitrogen and oxygen atoms in total. The average Bonchev–Trinajstić information content (AvgIpc) is 2.66. The fourth-order valence-electron chi connectivity index (χ4n) is 2.06. The summed E-state index contributed by atoms with van der Waals surface area (Å²) in [5.41, 5.74) is -1.30. The smallest absolute Gasteiger partial charge is 0.196 e. The van der Waals surface area contributed by atoms with Gasteiger partial charge in [0.05, 0.1) is 35.3 Å². The number of halogens is 3. The van der Waals surface area contributed by atoms with E-state index in [4.69, 9.17) is 4.74 Å². The van der Waals surface area contributed by atoms with Crippen molar-refractivity contribution < 1.29 is 37.7 Å². The lowest BCUT2D eigenvalue weighted by Crippen LogP contribution is -2.37. The summed E-state index contributed by atoms with van der Waals surface area (Å²) in [6, 6.07) is 7.92. The van der Waals surface area contributed by atoms with E-state index in [0.717, 1.165) is 6.07 Å². The molecule has 0 aliphatic rings. The SMILES string of the molecule is COc1ccc(CSC(Nc2ccc(F)c(F)c2F)=C(C(=O)[O-])C(=O)[O-])cc1. The van der Waals surface area contributed by atoms with Gasteiger partial charge in [-0.15, -0.1) is 11.8 Å². The molecule has 0 saturated carbocycles. The standard InChI is InChI=1S/C18H14F3NO5S/c1-27-10-4-2-9(3-5-10)8-28-16(13(17(23)24)18(25)26)22-12-7-6-11(19)14(20)15(12)21/h2-7,22H,8H2,1H3,(H,23,24)(H,25,26)/p-2. The van der Waals surface area contributed by atoms with E-state index in [1.165, 1.54) is 7.11 Å². The predicted octanol–water partition coefficient (Wildman–Crippen LogP) is 1.17.